The minimum Gasteiger partial charge on any atom is -0.497 e. The van der Waals surface area contributed by atoms with Gasteiger partial charge in [0.1, 0.15) is 5.75 Å². The predicted octanol–water partition coefficient (Wildman–Crippen LogP) is 0.240. The molecule has 0 aliphatic carbocycles. The van der Waals surface area contributed by atoms with E-state index in [2.05, 4.69) is 0 Å². The molecule has 0 aromatic heterocycles. The molecule has 3 fully saturated rings. The Morgan fingerprint density at radius 3 is 2.38 bits per heavy atom. The highest BCUT2D eigenvalue weighted by Crippen LogP contribution is 2.21. The maximum Gasteiger partial charge on any atom is 0.288 e. The summed E-state index contributed by atoms with van der Waals surface area (Å²) in [4.78, 5) is 42.6. The van der Waals surface area contributed by atoms with Gasteiger partial charge in [0.25, 0.3) is 5.91 Å². The Hall–Kier alpha value is -2.41. The van der Waals surface area contributed by atoms with Gasteiger partial charge in [-0.1, -0.05) is 12.1 Å². The van der Waals surface area contributed by atoms with Crippen LogP contribution in [0.1, 0.15) is 37.7 Å². The van der Waals surface area contributed by atoms with Gasteiger partial charge in [-0.15, -0.1) is 0 Å². The number of amides is 3. The lowest BCUT2D eigenvalue weighted by Crippen LogP contribution is -3.17. The summed E-state index contributed by atoms with van der Waals surface area (Å²) in [5.74, 6) is 0.946. The highest BCUT2D eigenvalue weighted by molar-refractivity contribution is 6.04. The molecule has 1 aromatic carbocycles. The zero-order valence-corrected chi connectivity index (χ0v) is 17.1. The number of likely N-dealkylation sites (tertiary alicyclic amines) is 3. The van der Waals surface area contributed by atoms with Gasteiger partial charge in [0.05, 0.1) is 33.2 Å². The van der Waals surface area contributed by atoms with Gasteiger partial charge in [-0.05, 0) is 30.5 Å². The lowest BCUT2D eigenvalue weighted by Gasteiger charge is -2.33. The normalized spacial score (nSPS) is 27.6. The van der Waals surface area contributed by atoms with Crippen molar-refractivity contribution in [2.75, 3.05) is 33.3 Å². The number of rotatable bonds is 5. The van der Waals surface area contributed by atoms with Crippen LogP contribution in [0.25, 0.3) is 0 Å². The topological polar surface area (TPSA) is 71.4 Å². The average molecular weight is 400 g/mol. The smallest absolute Gasteiger partial charge is 0.288 e. The molecule has 29 heavy (non-hydrogen) atoms. The summed E-state index contributed by atoms with van der Waals surface area (Å²) < 4.78 is 5.16. The summed E-state index contributed by atoms with van der Waals surface area (Å²) in [6, 6.07) is 7.14. The van der Waals surface area contributed by atoms with Crippen molar-refractivity contribution in [3.63, 3.8) is 0 Å². The second-order valence-corrected chi connectivity index (χ2v) is 8.39. The van der Waals surface area contributed by atoms with Gasteiger partial charge in [-0.3, -0.25) is 19.3 Å². The molecule has 3 aliphatic rings. The fourth-order valence-electron chi connectivity index (χ4n) is 4.86. The molecule has 3 amide bonds. The van der Waals surface area contributed by atoms with Crippen molar-refractivity contribution in [1.29, 1.82) is 0 Å². The number of hydrogen-bond donors (Lipinski definition) is 1. The highest BCUT2D eigenvalue weighted by Gasteiger charge is 2.46. The summed E-state index contributed by atoms with van der Waals surface area (Å²) in [5.41, 5.74) is 0.915. The minimum atomic E-state index is -0.302. The van der Waals surface area contributed by atoms with E-state index in [0.717, 1.165) is 68.1 Å². The number of nitrogens with zero attached hydrogens (tertiary/aromatic N) is 2. The number of piperidine rings is 1. The molecule has 1 aromatic rings. The Balaban J connectivity index is 1.33. The molecule has 3 heterocycles. The number of carbonyl (C=O) groups excluding carboxylic acids is 3. The van der Waals surface area contributed by atoms with Gasteiger partial charge in [0, 0.05) is 31.8 Å². The molecule has 0 spiro atoms. The van der Waals surface area contributed by atoms with Crippen molar-refractivity contribution >= 4 is 17.7 Å². The molecule has 156 valence electrons. The van der Waals surface area contributed by atoms with Crippen molar-refractivity contribution in [3.05, 3.63) is 29.8 Å². The van der Waals surface area contributed by atoms with Crippen LogP contribution in [0.15, 0.2) is 24.3 Å². The number of imide groups is 1. The lowest BCUT2D eigenvalue weighted by molar-refractivity contribution is -0.920. The van der Waals surface area contributed by atoms with Crippen LogP contribution in [0.2, 0.25) is 0 Å². The molecule has 0 radical (unpaired) electrons. The first-order valence-corrected chi connectivity index (χ1v) is 10.7. The number of carbonyl (C=O) groups is 3. The summed E-state index contributed by atoms with van der Waals surface area (Å²) in [7, 11) is 1.61. The van der Waals surface area contributed by atoms with E-state index in [1.165, 1.54) is 4.90 Å². The van der Waals surface area contributed by atoms with Crippen molar-refractivity contribution in [2.24, 2.45) is 5.92 Å². The number of methoxy groups -OCH3 is 1. The molecule has 3 aliphatic heterocycles. The van der Waals surface area contributed by atoms with E-state index in [1.54, 1.807) is 7.11 Å². The molecule has 0 saturated carbocycles. The Bertz CT molecular complexity index is 765. The Kier molecular flexibility index (Phi) is 5.85. The maximum atomic E-state index is 13.0. The number of nitrogens with one attached hydrogen (secondary N) is 1. The van der Waals surface area contributed by atoms with Gasteiger partial charge in [-0.2, -0.15) is 0 Å². The van der Waals surface area contributed by atoms with Gasteiger partial charge >= 0.3 is 0 Å². The fraction of sp³-hybridized carbons (Fsp3) is 0.591. The quantitative estimate of drug-likeness (QED) is 0.719. The Morgan fingerprint density at radius 2 is 1.76 bits per heavy atom. The molecular weight excluding hydrogens is 370 g/mol. The van der Waals surface area contributed by atoms with Gasteiger partial charge in [0.15, 0.2) is 6.04 Å². The lowest BCUT2D eigenvalue weighted by atomic mass is 9.94. The molecule has 1 N–H and O–H groups in total. The van der Waals surface area contributed by atoms with E-state index < -0.39 is 0 Å². The van der Waals surface area contributed by atoms with Crippen LogP contribution in [0.4, 0.5) is 0 Å². The van der Waals surface area contributed by atoms with Gasteiger partial charge in [0.2, 0.25) is 11.8 Å². The van der Waals surface area contributed by atoms with E-state index >= 15 is 0 Å². The van der Waals surface area contributed by atoms with E-state index in [1.807, 2.05) is 29.2 Å². The van der Waals surface area contributed by atoms with Crippen molar-refractivity contribution in [2.45, 2.75) is 44.7 Å². The average Bonchev–Trinajstić information content (AvgIpc) is 3.38. The molecule has 1 atom stereocenters. The first kappa shape index (κ1) is 19.9. The fourth-order valence-corrected chi connectivity index (χ4v) is 4.86. The van der Waals surface area contributed by atoms with Crippen molar-refractivity contribution < 1.29 is 24.0 Å². The number of ether oxygens (including phenoxy) is 1. The maximum absolute atomic E-state index is 13.0. The van der Waals surface area contributed by atoms with Crippen LogP contribution < -0.4 is 9.64 Å². The van der Waals surface area contributed by atoms with E-state index in [-0.39, 0.29) is 36.1 Å². The molecular formula is C22H30N3O4+. The number of quaternary nitrogens is 1. The van der Waals surface area contributed by atoms with Crippen molar-refractivity contribution in [3.8, 4) is 5.75 Å². The molecule has 7 heteroatoms. The summed E-state index contributed by atoms with van der Waals surface area (Å²) >= 11 is 0. The predicted molar refractivity (Wildman–Crippen MR) is 106 cm³/mol. The zero-order valence-electron chi connectivity index (χ0n) is 17.1. The van der Waals surface area contributed by atoms with Crippen LogP contribution in [0.5, 0.6) is 5.75 Å². The van der Waals surface area contributed by atoms with E-state index in [9.17, 15) is 14.4 Å². The second-order valence-electron chi connectivity index (χ2n) is 8.39. The van der Waals surface area contributed by atoms with Crippen LogP contribution in [0.3, 0.4) is 0 Å². The van der Waals surface area contributed by atoms with E-state index in [4.69, 9.17) is 4.74 Å². The number of benzene rings is 1. The third kappa shape index (κ3) is 4.15. The largest absolute Gasteiger partial charge is 0.497 e. The van der Waals surface area contributed by atoms with Crippen LogP contribution >= 0.6 is 0 Å². The van der Waals surface area contributed by atoms with Crippen LogP contribution in [-0.2, 0) is 20.9 Å². The van der Waals surface area contributed by atoms with Crippen LogP contribution in [-0.4, -0.2) is 66.9 Å². The summed E-state index contributed by atoms with van der Waals surface area (Å²) in [6.45, 7) is 3.65. The Labute approximate surface area is 171 Å². The first-order chi connectivity index (χ1) is 14.1. The second kappa shape index (κ2) is 8.53. The molecule has 7 nitrogen and oxygen atoms in total. The Morgan fingerprint density at radius 1 is 1.10 bits per heavy atom. The van der Waals surface area contributed by atoms with Crippen molar-refractivity contribution in [1.82, 2.24) is 9.80 Å². The van der Waals surface area contributed by atoms with Gasteiger partial charge in [-0.25, -0.2) is 0 Å². The highest BCUT2D eigenvalue weighted by atomic mass is 16.5. The summed E-state index contributed by atoms with van der Waals surface area (Å²) in [6.07, 6.45) is 4.11. The number of hydrogen-bond acceptors (Lipinski definition) is 4. The first-order valence-electron chi connectivity index (χ1n) is 10.7. The third-order valence-electron chi connectivity index (χ3n) is 6.63. The third-order valence-corrected chi connectivity index (χ3v) is 6.63. The molecule has 3 saturated heterocycles. The molecule has 0 unspecified atom stereocenters. The SMILES string of the molecule is COc1ccc(CN2C(=O)C[C@H]([NH+]3CCC(C(=O)N4CCCC4)CC3)C2=O)cc1. The molecule has 4 rings (SSSR count). The standard InChI is InChI=1S/C22H29N3O4/c1-29-18-6-4-16(5-7-18)15-25-20(26)14-19(22(25)28)23-12-8-17(9-13-23)21(27)24-10-2-3-11-24/h4-7,17,19H,2-3,8-15H2,1H3/p+1/t19-/m0/s1. The molecule has 0 bridgehead atoms. The summed E-state index contributed by atoms with van der Waals surface area (Å²) in [5, 5.41) is 0. The zero-order chi connectivity index (χ0) is 20.4. The van der Waals surface area contributed by atoms with Crippen LogP contribution in [0, 0.1) is 5.92 Å². The monoisotopic (exact) mass is 400 g/mol. The van der Waals surface area contributed by atoms with E-state index in [0.29, 0.717) is 6.54 Å². The minimum absolute atomic E-state index is 0.0786. The van der Waals surface area contributed by atoms with Gasteiger partial charge < -0.3 is 14.5 Å².